The van der Waals surface area contributed by atoms with Gasteiger partial charge in [-0.3, -0.25) is 0 Å². The average Bonchev–Trinajstić information content (AvgIpc) is 2.16. The molecule has 0 spiro atoms. The SMILES string of the molecule is CC1=C(C)N(C)C(C(C)C)N1C. The zero-order valence-corrected chi connectivity index (χ0v) is 9.05. The van der Waals surface area contributed by atoms with Crippen molar-refractivity contribution >= 4 is 0 Å². The molecule has 0 atom stereocenters. The normalized spacial score (nSPS) is 20.2. The molecular formula is C10H20N2. The monoisotopic (exact) mass is 168 g/mol. The molecule has 2 nitrogen and oxygen atoms in total. The van der Waals surface area contributed by atoms with Crippen molar-refractivity contribution in [3.63, 3.8) is 0 Å². The van der Waals surface area contributed by atoms with E-state index >= 15 is 0 Å². The van der Waals surface area contributed by atoms with Crippen molar-refractivity contribution in [3.05, 3.63) is 11.4 Å². The molecule has 1 rings (SSSR count). The number of hydrogen-bond acceptors (Lipinski definition) is 2. The van der Waals surface area contributed by atoms with Crippen molar-refractivity contribution in [2.45, 2.75) is 33.9 Å². The third-order valence-corrected chi connectivity index (χ3v) is 2.97. The lowest BCUT2D eigenvalue weighted by Gasteiger charge is -2.32. The Hall–Kier alpha value is -0.660. The van der Waals surface area contributed by atoms with Crippen molar-refractivity contribution in [2.75, 3.05) is 14.1 Å². The molecule has 0 unspecified atom stereocenters. The van der Waals surface area contributed by atoms with E-state index in [-0.39, 0.29) is 0 Å². The number of allylic oxidation sites excluding steroid dienone is 2. The van der Waals surface area contributed by atoms with Gasteiger partial charge in [0.05, 0.1) is 0 Å². The van der Waals surface area contributed by atoms with Crippen molar-refractivity contribution in [1.82, 2.24) is 9.80 Å². The van der Waals surface area contributed by atoms with E-state index in [4.69, 9.17) is 0 Å². The van der Waals surface area contributed by atoms with E-state index in [1.807, 2.05) is 0 Å². The minimum Gasteiger partial charge on any atom is -0.356 e. The molecule has 0 aromatic carbocycles. The zero-order valence-electron chi connectivity index (χ0n) is 9.05. The van der Waals surface area contributed by atoms with E-state index in [0.717, 1.165) is 0 Å². The highest BCUT2D eigenvalue weighted by atomic mass is 15.4. The average molecular weight is 168 g/mol. The van der Waals surface area contributed by atoms with Gasteiger partial charge in [0.1, 0.15) is 6.17 Å². The lowest BCUT2D eigenvalue weighted by atomic mass is 10.1. The third kappa shape index (κ3) is 1.19. The fourth-order valence-electron chi connectivity index (χ4n) is 2.06. The predicted molar refractivity (Wildman–Crippen MR) is 52.5 cm³/mol. The molecule has 0 saturated heterocycles. The first-order valence-electron chi connectivity index (χ1n) is 4.60. The van der Waals surface area contributed by atoms with Crippen LogP contribution in [-0.2, 0) is 0 Å². The molecule has 0 aromatic rings. The summed E-state index contributed by atoms with van der Waals surface area (Å²) < 4.78 is 0. The Kier molecular flexibility index (Phi) is 2.36. The largest absolute Gasteiger partial charge is 0.356 e. The van der Waals surface area contributed by atoms with Gasteiger partial charge < -0.3 is 9.80 Å². The Balaban J connectivity index is 2.87. The second-order valence-electron chi connectivity index (χ2n) is 4.05. The van der Waals surface area contributed by atoms with E-state index < -0.39 is 0 Å². The molecule has 0 N–H and O–H groups in total. The van der Waals surface area contributed by atoms with Crippen molar-refractivity contribution in [1.29, 1.82) is 0 Å². The van der Waals surface area contributed by atoms with Crippen LogP contribution in [0.1, 0.15) is 27.7 Å². The highest BCUT2D eigenvalue weighted by molar-refractivity contribution is 5.15. The Bertz CT molecular complexity index is 188. The third-order valence-electron chi connectivity index (χ3n) is 2.97. The molecule has 1 heterocycles. The molecule has 70 valence electrons. The van der Waals surface area contributed by atoms with Gasteiger partial charge in [0.25, 0.3) is 0 Å². The highest BCUT2D eigenvalue weighted by Crippen LogP contribution is 2.29. The summed E-state index contributed by atoms with van der Waals surface area (Å²) in [6.45, 7) is 8.91. The highest BCUT2D eigenvalue weighted by Gasteiger charge is 2.30. The molecular weight excluding hydrogens is 148 g/mol. The zero-order chi connectivity index (χ0) is 9.46. The predicted octanol–water partition coefficient (Wildman–Crippen LogP) is 2.10. The first kappa shape index (κ1) is 9.43. The minimum absolute atomic E-state index is 0.546. The summed E-state index contributed by atoms with van der Waals surface area (Å²) in [5, 5.41) is 0. The lowest BCUT2D eigenvalue weighted by Crippen LogP contribution is -2.40. The number of nitrogens with zero attached hydrogens (tertiary/aromatic N) is 2. The van der Waals surface area contributed by atoms with Gasteiger partial charge in [-0.2, -0.15) is 0 Å². The molecule has 0 radical (unpaired) electrons. The van der Waals surface area contributed by atoms with Crippen LogP contribution in [0.25, 0.3) is 0 Å². The molecule has 1 aliphatic heterocycles. The van der Waals surface area contributed by atoms with Gasteiger partial charge in [0, 0.05) is 25.5 Å². The minimum atomic E-state index is 0.546. The first-order valence-corrected chi connectivity index (χ1v) is 4.60. The topological polar surface area (TPSA) is 6.48 Å². The summed E-state index contributed by atoms with van der Waals surface area (Å²) >= 11 is 0. The second-order valence-corrected chi connectivity index (χ2v) is 4.05. The molecule has 2 heteroatoms. The summed E-state index contributed by atoms with van der Waals surface area (Å²) in [5.41, 5.74) is 2.80. The van der Waals surface area contributed by atoms with E-state index in [2.05, 4.69) is 51.6 Å². The van der Waals surface area contributed by atoms with Crippen LogP contribution in [-0.4, -0.2) is 30.1 Å². The molecule has 0 aliphatic carbocycles. The van der Waals surface area contributed by atoms with E-state index in [9.17, 15) is 0 Å². The van der Waals surface area contributed by atoms with Crippen LogP contribution >= 0.6 is 0 Å². The van der Waals surface area contributed by atoms with Gasteiger partial charge in [-0.1, -0.05) is 13.8 Å². The quantitative estimate of drug-likeness (QED) is 0.591. The van der Waals surface area contributed by atoms with Gasteiger partial charge in [0.2, 0.25) is 0 Å². The van der Waals surface area contributed by atoms with Gasteiger partial charge in [-0.15, -0.1) is 0 Å². The fraction of sp³-hybridized carbons (Fsp3) is 0.800. The molecule has 1 aliphatic rings. The van der Waals surface area contributed by atoms with Crippen LogP contribution in [0.4, 0.5) is 0 Å². The fourth-order valence-corrected chi connectivity index (χ4v) is 2.06. The van der Waals surface area contributed by atoms with Gasteiger partial charge in [-0.05, 0) is 19.8 Å². The second kappa shape index (κ2) is 3.00. The Morgan fingerprint density at radius 2 is 1.33 bits per heavy atom. The van der Waals surface area contributed by atoms with Crippen LogP contribution in [0.5, 0.6) is 0 Å². The van der Waals surface area contributed by atoms with Gasteiger partial charge >= 0.3 is 0 Å². The summed E-state index contributed by atoms with van der Waals surface area (Å²) in [6.07, 6.45) is 0.546. The van der Waals surface area contributed by atoms with Gasteiger partial charge in [-0.25, -0.2) is 0 Å². The van der Waals surface area contributed by atoms with E-state index in [0.29, 0.717) is 12.1 Å². The molecule has 0 saturated carbocycles. The summed E-state index contributed by atoms with van der Waals surface area (Å²) in [5.74, 6) is 0.674. The van der Waals surface area contributed by atoms with E-state index in [1.54, 1.807) is 0 Å². The van der Waals surface area contributed by atoms with Crippen LogP contribution < -0.4 is 0 Å². The lowest BCUT2D eigenvalue weighted by molar-refractivity contribution is 0.137. The molecule has 12 heavy (non-hydrogen) atoms. The maximum atomic E-state index is 2.36. The summed E-state index contributed by atoms with van der Waals surface area (Å²) in [7, 11) is 4.35. The first-order chi connectivity index (χ1) is 5.46. The Morgan fingerprint density at radius 1 is 1.00 bits per heavy atom. The Labute approximate surface area is 75.8 Å². The standard InChI is InChI=1S/C10H20N2/c1-7(2)10-11(5)8(3)9(4)12(10)6/h7,10H,1-6H3. The van der Waals surface area contributed by atoms with Crippen LogP contribution in [0.2, 0.25) is 0 Å². The molecule has 0 bridgehead atoms. The van der Waals surface area contributed by atoms with Crippen molar-refractivity contribution in [3.8, 4) is 0 Å². The molecule has 0 aromatic heterocycles. The maximum absolute atomic E-state index is 2.36. The van der Waals surface area contributed by atoms with Crippen molar-refractivity contribution < 1.29 is 0 Å². The van der Waals surface area contributed by atoms with Crippen LogP contribution in [0.15, 0.2) is 11.4 Å². The van der Waals surface area contributed by atoms with Crippen LogP contribution in [0.3, 0.4) is 0 Å². The molecule has 0 amide bonds. The molecule has 0 fully saturated rings. The number of rotatable bonds is 1. The maximum Gasteiger partial charge on any atom is 0.103 e. The summed E-state index contributed by atoms with van der Waals surface area (Å²) in [4.78, 5) is 4.72. The summed E-state index contributed by atoms with van der Waals surface area (Å²) in [6, 6.07) is 0. The van der Waals surface area contributed by atoms with E-state index in [1.165, 1.54) is 11.4 Å². The smallest absolute Gasteiger partial charge is 0.103 e. The van der Waals surface area contributed by atoms with Crippen LogP contribution in [0, 0.1) is 5.92 Å². The van der Waals surface area contributed by atoms with Gasteiger partial charge in [0.15, 0.2) is 0 Å². The Morgan fingerprint density at radius 3 is 1.50 bits per heavy atom. The van der Waals surface area contributed by atoms with Crippen molar-refractivity contribution in [2.24, 2.45) is 5.92 Å². The number of hydrogen-bond donors (Lipinski definition) is 0.